The summed E-state index contributed by atoms with van der Waals surface area (Å²) in [7, 11) is 0. The Kier molecular flexibility index (Phi) is 6.15. The zero-order valence-corrected chi connectivity index (χ0v) is 15.2. The molecular formula is C18H38O. The van der Waals surface area contributed by atoms with Crippen LogP contribution in [0.5, 0.6) is 0 Å². The molecule has 0 N–H and O–H groups in total. The minimum atomic E-state index is -0.0600. The molecule has 0 saturated carbocycles. The number of hydrogen-bond acceptors (Lipinski definition) is 1. The van der Waals surface area contributed by atoms with Crippen molar-refractivity contribution >= 4 is 0 Å². The van der Waals surface area contributed by atoms with Crippen LogP contribution in [0.2, 0.25) is 0 Å². The van der Waals surface area contributed by atoms with E-state index in [2.05, 4.69) is 69.2 Å². The molecule has 0 aromatic heterocycles. The third-order valence-electron chi connectivity index (χ3n) is 3.59. The van der Waals surface area contributed by atoms with Gasteiger partial charge in [-0.05, 0) is 50.4 Å². The van der Waals surface area contributed by atoms with Crippen LogP contribution in [0.4, 0.5) is 0 Å². The molecule has 1 nitrogen and oxygen atoms in total. The van der Waals surface area contributed by atoms with Gasteiger partial charge in [-0.15, -0.1) is 0 Å². The molecule has 0 spiro atoms. The quantitative estimate of drug-likeness (QED) is 0.557. The highest BCUT2D eigenvalue weighted by atomic mass is 16.5. The van der Waals surface area contributed by atoms with Crippen LogP contribution in [0.25, 0.3) is 0 Å². The summed E-state index contributed by atoms with van der Waals surface area (Å²) in [4.78, 5) is 0. The van der Waals surface area contributed by atoms with E-state index in [0.29, 0.717) is 10.8 Å². The van der Waals surface area contributed by atoms with Gasteiger partial charge in [0.15, 0.2) is 0 Å². The highest BCUT2D eigenvalue weighted by Crippen LogP contribution is 2.40. The van der Waals surface area contributed by atoms with E-state index in [4.69, 9.17) is 4.74 Å². The molecule has 0 atom stereocenters. The second-order valence-electron chi connectivity index (χ2n) is 9.23. The van der Waals surface area contributed by atoms with Crippen LogP contribution >= 0.6 is 0 Å². The third kappa shape index (κ3) is 7.97. The topological polar surface area (TPSA) is 9.23 Å². The number of ether oxygens (including phenoxy) is 1. The zero-order valence-electron chi connectivity index (χ0n) is 15.2. The fourth-order valence-electron chi connectivity index (χ4n) is 3.55. The largest absolute Gasteiger partial charge is 0.369 e. The highest BCUT2D eigenvalue weighted by Gasteiger charge is 2.38. The molecule has 0 bridgehead atoms. The average Bonchev–Trinajstić information content (AvgIpc) is 2.09. The van der Waals surface area contributed by atoms with Crippen molar-refractivity contribution in [1.82, 2.24) is 0 Å². The number of rotatable bonds is 6. The molecule has 0 saturated heterocycles. The van der Waals surface area contributed by atoms with E-state index in [1.54, 1.807) is 0 Å². The monoisotopic (exact) mass is 270 g/mol. The molecule has 116 valence electrons. The van der Waals surface area contributed by atoms with E-state index in [-0.39, 0.29) is 11.2 Å². The van der Waals surface area contributed by atoms with Crippen LogP contribution < -0.4 is 0 Å². The summed E-state index contributed by atoms with van der Waals surface area (Å²) in [6, 6.07) is 0. The van der Waals surface area contributed by atoms with Gasteiger partial charge in [-0.25, -0.2) is 0 Å². The average molecular weight is 271 g/mol. The first kappa shape index (κ1) is 19.0. The third-order valence-corrected chi connectivity index (χ3v) is 3.59. The molecule has 0 aliphatic carbocycles. The Labute approximate surface area is 122 Å². The summed E-state index contributed by atoms with van der Waals surface area (Å²) in [6.07, 6.45) is 4.40. The van der Waals surface area contributed by atoms with E-state index in [9.17, 15) is 0 Å². The Morgan fingerprint density at radius 1 is 0.632 bits per heavy atom. The Morgan fingerprint density at radius 2 is 1.00 bits per heavy atom. The van der Waals surface area contributed by atoms with Gasteiger partial charge < -0.3 is 4.74 Å². The van der Waals surface area contributed by atoms with Crippen LogP contribution in [0.3, 0.4) is 0 Å². The molecule has 19 heavy (non-hydrogen) atoms. The Morgan fingerprint density at radius 3 is 1.26 bits per heavy atom. The van der Waals surface area contributed by atoms with E-state index in [1.807, 2.05) is 0 Å². The van der Waals surface area contributed by atoms with Crippen molar-refractivity contribution in [1.29, 1.82) is 0 Å². The first-order valence-electron chi connectivity index (χ1n) is 7.94. The van der Waals surface area contributed by atoms with Gasteiger partial charge in [0.05, 0.1) is 11.2 Å². The molecule has 0 aromatic carbocycles. The standard InChI is InChI=1S/C18H38O/c1-11-18(12-2,14-16(6,7)8)19-17(9,10)13-15(3,4)5/h11-14H2,1-10H3. The van der Waals surface area contributed by atoms with Crippen LogP contribution in [0.1, 0.15) is 94.9 Å². The van der Waals surface area contributed by atoms with Gasteiger partial charge in [0.1, 0.15) is 0 Å². The lowest BCUT2D eigenvalue weighted by atomic mass is 9.77. The molecule has 0 fully saturated rings. The van der Waals surface area contributed by atoms with Crippen LogP contribution in [-0.2, 0) is 4.74 Å². The lowest BCUT2D eigenvalue weighted by molar-refractivity contribution is -0.170. The summed E-state index contributed by atoms with van der Waals surface area (Å²) in [5.41, 5.74) is 0.574. The predicted molar refractivity (Wildman–Crippen MR) is 86.6 cm³/mol. The SMILES string of the molecule is CCC(CC)(CC(C)(C)C)OC(C)(C)CC(C)(C)C. The van der Waals surface area contributed by atoms with Crippen molar-refractivity contribution in [3.8, 4) is 0 Å². The molecule has 0 aliphatic heterocycles. The first-order valence-corrected chi connectivity index (χ1v) is 7.94. The summed E-state index contributed by atoms with van der Waals surface area (Å²) in [5, 5.41) is 0. The van der Waals surface area contributed by atoms with Crippen molar-refractivity contribution in [2.24, 2.45) is 10.8 Å². The van der Waals surface area contributed by atoms with E-state index < -0.39 is 0 Å². The molecule has 0 unspecified atom stereocenters. The highest BCUT2D eigenvalue weighted by molar-refractivity contribution is 4.88. The molecule has 0 aliphatic rings. The minimum Gasteiger partial charge on any atom is -0.369 e. The van der Waals surface area contributed by atoms with Crippen molar-refractivity contribution in [3.63, 3.8) is 0 Å². The molecule has 0 radical (unpaired) electrons. The lowest BCUT2D eigenvalue weighted by Gasteiger charge is -2.45. The van der Waals surface area contributed by atoms with Gasteiger partial charge >= 0.3 is 0 Å². The van der Waals surface area contributed by atoms with Gasteiger partial charge in [0, 0.05) is 0 Å². The second-order valence-corrected chi connectivity index (χ2v) is 9.23. The van der Waals surface area contributed by atoms with Crippen LogP contribution in [0, 0.1) is 10.8 Å². The van der Waals surface area contributed by atoms with Gasteiger partial charge in [-0.1, -0.05) is 55.4 Å². The van der Waals surface area contributed by atoms with Gasteiger partial charge in [-0.3, -0.25) is 0 Å². The van der Waals surface area contributed by atoms with E-state index in [0.717, 1.165) is 25.7 Å². The normalized spacial score (nSPS) is 14.8. The fraction of sp³-hybridized carbons (Fsp3) is 1.00. The van der Waals surface area contributed by atoms with Crippen molar-refractivity contribution < 1.29 is 4.74 Å². The predicted octanol–water partition coefficient (Wildman–Crippen LogP) is 6.21. The molecule has 0 aromatic rings. The molecule has 1 heteroatoms. The maximum absolute atomic E-state index is 6.68. The summed E-state index contributed by atoms with van der Waals surface area (Å²) < 4.78 is 6.68. The summed E-state index contributed by atoms with van der Waals surface area (Å²) >= 11 is 0. The Bertz CT molecular complexity index is 258. The van der Waals surface area contributed by atoms with Crippen LogP contribution in [0.15, 0.2) is 0 Å². The number of hydrogen-bond donors (Lipinski definition) is 0. The molecule has 0 heterocycles. The fourth-order valence-corrected chi connectivity index (χ4v) is 3.55. The van der Waals surface area contributed by atoms with Crippen LogP contribution in [-0.4, -0.2) is 11.2 Å². The maximum Gasteiger partial charge on any atom is 0.0689 e. The summed E-state index contributed by atoms with van der Waals surface area (Å²) in [6.45, 7) is 22.9. The zero-order chi connectivity index (χ0) is 15.5. The lowest BCUT2D eigenvalue weighted by Crippen LogP contribution is -2.44. The van der Waals surface area contributed by atoms with Crippen molar-refractivity contribution in [3.05, 3.63) is 0 Å². The van der Waals surface area contributed by atoms with E-state index in [1.165, 1.54) is 0 Å². The molecule has 0 rings (SSSR count). The van der Waals surface area contributed by atoms with Gasteiger partial charge in [-0.2, -0.15) is 0 Å². The minimum absolute atomic E-state index is 0.0208. The van der Waals surface area contributed by atoms with Crippen molar-refractivity contribution in [2.45, 2.75) is 106 Å². The smallest absolute Gasteiger partial charge is 0.0689 e. The second kappa shape index (κ2) is 6.16. The molecule has 0 amide bonds. The maximum atomic E-state index is 6.68. The van der Waals surface area contributed by atoms with E-state index >= 15 is 0 Å². The Balaban J connectivity index is 5.02. The molecular weight excluding hydrogens is 232 g/mol. The van der Waals surface area contributed by atoms with Gasteiger partial charge in [0.2, 0.25) is 0 Å². The Hall–Kier alpha value is -0.0400. The van der Waals surface area contributed by atoms with Gasteiger partial charge in [0.25, 0.3) is 0 Å². The first-order chi connectivity index (χ1) is 8.24. The summed E-state index contributed by atoms with van der Waals surface area (Å²) in [5.74, 6) is 0. The van der Waals surface area contributed by atoms with Crippen molar-refractivity contribution in [2.75, 3.05) is 0 Å².